The molecule has 1 N–H and O–H groups in total. The lowest BCUT2D eigenvalue weighted by Gasteiger charge is -2.17. The van der Waals surface area contributed by atoms with E-state index in [0.717, 1.165) is 30.0 Å². The highest BCUT2D eigenvalue weighted by molar-refractivity contribution is 7.13. The number of aromatic nitrogens is 1. The third-order valence-corrected chi connectivity index (χ3v) is 5.83. The van der Waals surface area contributed by atoms with Gasteiger partial charge in [-0.25, -0.2) is 4.98 Å². The first-order valence-corrected chi connectivity index (χ1v) is 10.4. The van der Waals surface area contributed by atoms with Gasteiger partial charge in [-0.1, -0.05) is 13.8 Å². The van der Waals surface area contributed by atoms with Crippen LogP contribution in [-0.4, -0.2) is 24.1 Å². The first kappa shape index (κ1) is 19.7. The molecule has 0 aliphatic heterocycles. The molecule has 2 aromatic rings. The molecule has 1 fully saturated rings. The van der Waals surface area contributed by atoms with E-state index in [1.165, 1.54) is 24.2 Å². The number of nitrogens with zero attached hydrogens (tertiary/aromatic N) is 1. The molecule has 0 unspecified atom stereocenters. The molecule has 0 radical (unpaired) electrons. The number of benzene rings is 1. The normalized spacial score (nSPS) is 14.6. The lowest BCUT2D eigenvalue weighted by molar-refractivity contribution is 0.103. The van der Waals surface area contributed by atoms with E-state index in [2.05, 4.69) is 24.1 Å². The van der Waals surface area contributed by atoms with Crippen LogP contribution in [0.5, 0.6) is 11.5 Å². The molecular formula is C21H28N2O3S. The highest BCUT2D eigenvalue weighted by Crippen LogP contribution is 2.34. The van der Waals surface area contributed by atoms with Crippen molar-refractivity contribution in [3.8, 4) is 11.5 Å². The maximum absolute atomic E-state index is 12.7. The molecule has 27 heavy (non-hydrogen) atoms. The van der Waals surface area contributed by atoms with Crippen LogP contribution in [0.3, 0.4) is 0 Å². The van der Waals surface area contributed by atoms with E-state index in [0.29, 0.717) is 28.0 Å². The fourth-order valence-electron chi connectivity index (χ4n) is 3.32. The van der Waals surface area contributed by atoms with Gasteiger partial charge < -0.3 is 14.8 Å². The van der Waals surface area contributed by atoms with Gasteiger partial charge in [0.2, 0.25) is 0 Å². The number of anilines is 1. The summed E-state index contributed by atoms with van der Waals surface area (Å²) in [6.45, 7) is 6.19. The van der Waals surface area contributed by atoms with Crippen LogP contribution in [0, 0.1) is 12.8 Å². The Morgan fingerprint density at radius 1 is 1.30 bits per heavy atom. The third kappa shape index (κ3) is 5.01. The molecule has 0 atom stereocenters. The third-order valence-electron chi connectivity index (χ3n) is 4.65. The van der Waals surface area contributed by atoms with Crippen LogP contribution in [0.4, 0.5) is 5.69 Å². The Kier molecular flexibility index (Phi) is 6.37. The number of carbonyl (C=O) groups is 1. The Morgan fingerprint density at radius 2 is 2.04 bits per heavy atom. The number of thiazole rings is 1. The van der Waals surface area contributed by atoms with Crippen molar-refractivity contribution in [3.63, 3.8) is 0 Å². The SMILES string of the molecule is COc1ccc(NC(=O)c2sc(CC(C)C)nc2C)cc1OC1CCCC1. The van der Waals surface area contributed by atoms with Crippen molar-refractivity contribution in [2.24, 2.45) is 5.92 Å². The van der Waals surface area contributed by atoms with Gasteiger partial charge in [0.05, 0.1) is 23.9 Å². The number of carbonyl (C=O) groups excluding carboxylic acids is 1. The summed E-state index contributed by atoms with van der Waals surface area (Å²) >= 11 is 1.47. The molecule has 1 aliphatic rings. The van der Waals surface area contributed by atoms with Crippen LogP contribution in [0.15, 0.2) is 18.2 Å². The number of aryl methyl sites for hydroxylation is 1. The zero-order chi connectivity index (χ0) is 19.4. The first-order valence-electron chi connectivity index (χ1n) is 9.58. The molecule has 1 aromatic heterocycles. The Bertz CT molecular complexity index is 795. The fraction of sp³-hybridized carbons (Fsp3) is 0.524. The maximum atomic E-state index is 12.7. The lowest BCUT2D eigenvalue weighted by Crippen LogP contribution is -2.14. The van der Waals surface area contributed by atoms with Gasteiger partial charge in [-0.05, 0) is 50.7 Å². The number of rotatable bonds is 7. The van der Waals surface area contributed by atoms with E-state index in [4.69, 9.17) is 9.47 Å². The van der Waals surface area contributed by atoms with Crippen LogP contribution < -0.4 is 14.8 Å². The molecule has 3 rings (SSSR count). The van der Waals surface area contributed by atoms with Crippen LogP contribution in [0.25, 0.3) is 0 Å². The zero-order valence-corrected chi connectivity index (χ0v) is 17.3. The van der Waals surface area contributed by atoms with E-state index >= 15 is 0 Å². The highest BCUT2D eigenvalue weighted by Gasteiger charge is 2.20. The molecule has 146 valence electrons. The second-order valence-corrected chi connectivity index (χ2v) is 8.55. The minimum Gasteiger partial charge on any atom is -0.493 e. The molecule has 6 heteroatoms. The Labute approximate surface area is 165 Å². The molecular weight excluding hydrogens is 360 g/mol. The topological polar surface area (TPSA) is 60.5 Å². The predicted octanol–water partition coefficient (Wildman–Crippen LogP) is 5.23. The minimum atomic E-state index is -0.128. The smallest absolute Gasteiger partial charge is 0.267 e. The van der Waals surface area contributed by atoms with E-state index in [-0.39, 0.29) is 12.0 Å². The molecule has 1 amide bonds. The molecule has 5 nitrogen and oxygen atoms in total. The monoisotopic (exact) mass is 388 g/mol. The van der Waals surface area contributed by atoms with Gasteiger partial charge in [-0.2, -0.15) is 0 Å². The first-order chi connectivity index (χ1) is 13.0. The standard InChI is InChI=1S/C21H28N2O3S/c1-13(2)11-19-22-14(3)20(27-19)21(24)23-15-9-10-17(25-4)18(12-15)26-16-7-5-6-8-16/h9-10,12-13,16H,5-8,11H2,1-4H3,(H,23,24). The average Bonchev–Trinajstić information content (AvgIpc) is 3.24. The van der Waals surface area contributed by atoms with Gasteiger partial charge in [-0.3, -0.25) is 4.79 Å². The molecule has 1 aromatic carbocycles. The summed E-state index contributed by atoms with van der Waals surface area (Å²) < 4.78 is 11.5. The van der Waals surface area contributed by atoms with E-state index in [1.54, 1.807) is 7.11 Å². The number of hydrogen-bond acceptors (Lipinski definition) is 5. The molecule has 0 saturated heterocycles. The van der Waals surface area contributed by atoms with Crippen molar-refractivity contribution in [3.05, 3.63) is 33.8 Å². The summed E-state index contributed by atoms with van der Waals surface area (Å²) in [5.74, 6) is 1.76. The van der Waals surface area contributed by atoms with Crippen LogP contribution in [0.2, 0.25) is 0 Å². The average molecular weight is 389 g/mol. The number of ether oxygens (including phenoxy) is 2. The van der Waals surface area contributed by atoms with Gasteiger partial charge >= 0.3 is 0 Å². The quantitative estimate of drug-likeness (QED) is 0.705. The van der Waals surface area contributed by atoms with Gasteiger partial charge in [0.25, 0.3) is 5.91 Å². The molecule has 0 spiro atoms. The van der Waals surface area contributed by atoms with E-state index in [1.807, 2.05) is 25.1 Å². The zero-order valence-electron chi connectivity index (χ0n) is 16.5. The molecule has 0 bridgehead atoms. The number of nitrogens with one attached hydrogen (secondary N) is 1. The summed E-state index contributed by atoms with van der Waals surface area (Å²) in [4.78, 5) is 17.9. The van der Waals surface area contributed by atoms with Crippen molar-refractivity contribution >= 4 is 22.9 Å². The van der Waals surface area contributed by atoms with Crippen LogP contribution in [0.1, 0.15) is 59.9 Å². The summed E-state index contributed by atoms with van der Waals surface area (Å²) in [6.07, 6.45) is 5.66. The molecule has 1 aliphatic carbocycles. The minimum absolute atomic E-state index is 0.128. The Hall–Kier alpha value is -2.08. The largest absolute Gasteiger partial charge is 0.493 e. The lowest BCUT2D eigenvalue weighted by atomic mass is 10.1. The molecule has 1 heterocycles. The fourth-order valence-corrected chi connectivity index (χ4v) is 4.49. The van der Waals surface area contributed by atoms with Crippen molar-refractivity contribution < 1.29 is 14.3 Å². The number of methoxy groups -OCH3 is 1. The van der Waals surface area contributed by atoms with E-state index < -0.39 is 0 Å². The van der Waals surface area contributed by atoms with E-state index in [9.17, 15) is 4.79 Å². The second-order valence-electron chi connectivity index (χ2n) is 7.46. The number of hydrogen-bond donors (Lipinski definition) is 1. The van der Waals surface area contributed by atoms with Crippen LogP contribution >= 0.6 is 11.3 Å². The predicted molar refractivity (Wildman–Crippen MR) is 109 cm³/mol. The maximum Gasteiger partial charge on any atom is 0.267 e. The van der Waals surface area contributed by atoms with Crippen LogP contribution in [-0.2, 0) is 6.42 Å². The summed E-state index contributed by atoms with van der Waals surface area (Å²) in [5, 5.41) is 3.99. The summed E-state index contributed by atoms with van der Waals surface area (Å²) in [6, 6.07) is 5.52. The van der Waals surface area contributed by atoms with Gasteiger partial charge in [0.1, 0.15) is 4.88 Å². The second kappa shape index (κ2) is 8.74. The van der Waals surface area contributed by atoms with Crippen molar-refractivity contribution in [2.75, 3.05) is 12.4 Å². The van der Waals surface area contributed by atoms with Crippen molar-refractivity contribution in [2.45, 2.75) is 59.0 Å². The summed E-state index contributed by atoms with van der Waals surface area (Å²) in [7, 11) is 1.63. The highest BCUT2D eigenvalue weighted by atomic mass is 32.1. The van der Waals surface area contributed by atoms with Gasteiger partial charge in [0, 0.05) is 18.2 Å². The number of amides is 1. The van der Waals surface area contributed by atoms with Crippen molar-refractivity contribution in [1.29, 1.82) is 0 Å². The summed E-state index contributed by atoms with van der Waals surface area (Å²) in [5.41, 5.74) is 1.48. The Balaban J connectivity index is 1.74. The molecule has 1 saturated carbocycles. The van der Waals surface area contributed by atoms with Gasteiger partial charge in [-0.15, -0.1) is 11.3 Å². The van der Waals surface area contributed by atoms with Crippen molar-refractivity contribution in [1.82, 2.24) is 4.98 Å². The van der Waals surface area contributed by atoms with Gasteiger partial charge in [0.15, 0.2) is 11.5 Å². The Morgan fingerprint density at radius 3 is 2.70 bits per heavy atom.